The Hall–Kier alpha value is -0.390. The van der Waals surface area contributed by atoms with Crippen molar-refractivity contribution in [2.75, 3.05) is 32.8 Å². The van der Waals surface area contributed by atoms with Crippen molar-refractivity contribution in [2.45, 2.75) is 18.9 Å². The minimum absolute atomic E-state index is 0. The van der Waals surface area contributed by atoms with Gasteiger partial charge in [0, 0.05) is 43.9 Å². The van der Waals surface area contributed by atoms with E-state index in [1.807, 2.05) is 0 Å². The molecule has 1 heterocycles. The van der Waals surface area contributed by atoms with Crippen molar-refractivity contribution in [2.24, 2.45) is 0 Å². The number of aliphatic hydroxyl groups is 1. The lowest BCUT2D eigenvalue weighted by Crippen LogP contribution is -2.45. The molecule has 3 nitrogen and oxygen atoms in total. The average Bonchev–Trinajstić information content (AvgIpc) is 2.42. The molecule has 1 fully saturated rings. The molecule has 20 heavy (non-hydrogen) atoms. The molecular weight excluding hydrogens is 302 g/mol. The Labute approximate surface area is 130 Å². The van der Waals surface area contributed by atoms with Gasteiger partial charge in [-0.3, -0.25) is 4.90 Å². The van der Waals surface area contributed by atoms with Crippen molar-refractivity contribution in [3.8, 4) is 0 Å². The summed E-state index contributed by atoms with van der Waals surface area (Å²) in [5.74, 6) is -0.310. The number of benzene rings is 1. The summed E-state index contributed by atoms with van der Waals surface area (Å²) in [5, 5.41) is 12.8. The fourth-order valence-electron chi connectivity index (χ4n) is 2.58. The predicted molar refractivity (Wildman–Crippen MR) is 82.2 cm³/mol. The SMILES string of the molecule is Cl.OCCC[C@@H](c1ccc(F)cc1Cl)N1CCNCC1. The third-order valence-corrected chi connectivity index (χ3v) is 3.88. The Morgan fingerprint density at radius 3 is 2.65 bits per heavy atom. The fraction of sp³-hybridized carbons (Fsp3) is 0.571. The predicted octanol–water partition coefficient (Wildman–Crippen LogP) is 2.62. The van der Waals surface area contributed by atoms with E-state index < -0.39 is 0 Å². The molecule has 0 aliphatic carbocycles. The van der Waals surface area contributed by atoms with Gasteiger partial charge in [0.05, 0.1) is 0 Å². The lowest BCUT2D eigenvalue weighted by molar-refractivity contribution is 0.154. The summed E-state index contributed by atoms with van der Waals surface area (Å²) < 4.78 is 13.2. The lowest BCUT2D eigenvalue weighted by atomic mass is 9.99. The molecule has 114 valence electrons. The first kappa shape index (κ1) is 17.7. The van der Waals surface area contributed by atoms with Gasteiger partial charge in [0.15, 0.2) is 0 Å². The molecule has 1 aromatic carbocycles. The van der Waals surface area contributed by atoms with Crippen LogP contribution in [0, 0.1) is 5.82 Å². The number of nitrogens with one attached hydrogen (secondary N) is 1. The summed E-state index contributed by atoms with van der Waals surface area (Å²) >= 11 is 6.18. The molecule has 0 spiro atoms. The second-order valence-electron chi connectivity index (χ2n) is 4.83. The smallest absolute Gasteiger partial charge is 0.124 e. The maximum absolute atomic E-state index is 13.2. The molecule has 0 unspecified atom stereocenters. The van der Waals surface area contributed by atoms with Crippen LogP contribution in [-0.2, 0) is 0 Å². The van der Waals surface area contributed by atoms with Gasteiger partial charge in [-0.25, -0.2) is 4.39 Å². The van der Waals surface area contributed by atoms with Crippen molar-refractivity contribution in [1.29, 1.82) is 0 Å². The number of piperazine rings is 1. The van der Waals surface area contributed by atoms with Crippen molar-refractivity contribution in [3.63, 3.8) is 0 Å². The lowest BCUT2D eigenvalue weighted by Gasteiger charge is -2.35. The third-order valence-electron chi connectivity index (χ3n) is 3.55. The normalized spacial score (nSPS) is 17.6. The number of hydrogen-bond donors (Lipinski definition) is 2. The maximum atomic E-state index is 13.2. The van der Waals surface area contributed by atoms with Gasteiger partial charge >= 0.3 is 0 Å². The number of halogens is 3. The summed E-state index contributed by atoms with van der Waals surface area (Å²) in [6.45, 7) is 3.97. The van der Waals surface area contributed by atoms with Crippen LogP contribution in [0.1, 0.15) is 24.4 Å². The summed E-state index contributed by atoms with van der Waals surface area (Å²) in [7, 11) is 0. The molecule has 0 aromatic heterocycles. The van der Waals surface area contributed by atoms with E-state index in [9.17, 15) is 4.39 Å². The van der Waals surface area contributed by atoms with Gasteiger partial charge in [0.2, 0.25) is 0 Å². The first-order valence-corrected chi connectivity index (χ1v) is 7.10. The number of aliphatic hydroxyl groups excluding tert-OH is 1. The summed E-state index contributed by atoms with van der Waals surface area (Å²) in [6, 6.07) is 4.74. The minimum atomic E-state index is -0.310. The zero-order chi connectivity index (χ0) is 13.7. The first-order valence-electron chi connectivity index (χ1n) is 6.73. The third kappa shape index (κ3) is 4.57. The first-order chi connectivity index (χ1) is 9.22. The highest BCUT2D eigenvalue weighted by molar-refractivity contribution is 6.31. The summed E-state index contributed by atoms with van der Waals surface area (Å²) in [5.41, 5.74) is 0.957. The van der Waals surface area contributed by atoms with Crippen molar-refractivity contribution in [1.82, 2.24) is 10.2 Å². The van der Waals surface area contributed by atoms with Gasteiger partial charge in [0.1, 0.15) is 5.82 Å². The highest BCUT2D eigenvalue weighted by Crippen LogP contribution is 2.31. The van der Waals surface area contributed by atoms with Crippen LogP contribution >= 0.6 is 24.0 Å². The van der Waals surface area contributed by atoms with E-state index in [1.54, 1.807) is 6.07 Å². The summed E-state index contributed by atoms with van der Waals surface area (Å²) in [4.78, 5) is 2.35. The van der Waals surface area contributed by atoms with Gasteiger partial charge in [0.25, 0.3) is 0 Å². The minimum Gasteiger partial charge on any atom is -0.396 e. The van der Waals surface area contributed by atoms with E-state index in [4.69, 9.17) is 16.7 Å². The van der Waals surface area contributed by atoms with E-state index in [1.165, 1.54) is 12.1 Å². The molecule has 1 atom stereocenters. The van der Waals surface area contributed by atoms with E-state index >= 15 is 0 Å². The van der Waals surface area contributed by atoms with Crippen LogP contribution in [0.2, 0.25) is 5.02 Å². The molecular formula is C14H21Cl2FN2O. The van der Waals surface area contributed by atoms with E-state index in [2.05, 4.69) is 10.2 Å². The molecule has 0 radical (unpaired) electrons. The number of hydrogen-bond acceptors (Lipinski definition) is 3. The Kier molecular flexibility index (Phi) is 7.77. The second kappa shape index (κ2) is 8.80. The van der Waals surface area contributed by atoms with Gasteiger partial charge in [-0.2, -0.15) is 0 Å². The van der Waals surface area contributed by atoms with Gasteiger partial charge in [-0.05, 0) is 30.5 Å². The quantitative estimate of drug-likeness (QED) is 0.874. The maximum Gasteiger partial charge on any atom is 0.124 e. The Bertz CT molecular complexity index is 414. The molecule has 0 bridgehead atoms. The molecule has 1 aliphatic rings. The van der Waals surface area contributed by atoms with Crippen LogP contribution < -0.4 is 5.32 Å². The van der Waals surface area contributed by atoms with Crippen LogP contribution in [0.3, 0.4) is 0 Å². The fourth-order valence-corrected chi connectivity index (χ4v) is 2.88. The Morgan fingerprint density at radius 1 is 1.35 bits per heavy atom. The van der Waals surface area contributed by atoms with Crippen LogP contribution in [0.25, 0.3) is 0 Å². The van der Waals surface area contributed by atoms with Gasteiger partial charge in [-0.15, -0.1) is 12.4 Å². The van der Waals surface area contributed by atoms with Crippen molar-refractivity contribution in [3.05, 3.63) is 34.6 Å². The van der Waals surface area contributed by atoms with Crippen LogP contribution in [-0.4, -0.2) is 42.8 Å². The topological polar surface area (TPSA) is 35.5 Å². The van der Waals surface area contributed by atoms with Crippen molar-refractivity contribution >= 4 is 24.0 Å². The molecule has 2 rings (SSSR count). The molecule has 6 heteroatoms. The largest absolute Gasteiger partial charge is 0.396 e. The molecule has 1 aromatic rings. The van der Waals surface area contributed by atoms with E-state index in [-0.39, 0.29) is 30.9 Å². The molecule has 1 saturated heterocycles. The zero-order valence-electron chi connectivity index (χ0n) is 11.3. The number of rotatable bonds is 5. The molecule has 0 amide bonds. The van der Waals surface area contributed by atoms with Gasteiger partial charge < -0.3 is 10.4 Å². The second-order valence-corrected chi connectivity index (χ2v) is 5.24. The van der Waals surface area contributed by atoms with Crippen LogP contribution in [0.5, 0.6) is 0 Å². The Balaban J connectivity index is 0.00000200. The van der Waals surface area contributed by atoms with Crippen LogP contribution in [0.4, 0.5) is 4.39 Å². The monoisotopic (exact) mass is 322 g/mol. The molecule has 0 saturated carbocycles. The average molecular weight is 323 g/mol. The van der Waals surface area contributed by atoms with E-state index in [0.717, 1.165) is 44.6 Å². The Morgan fingerprint density at radius 2 is 2.05 bits per heavy atom. The van der Waals surface area contributed by atoms with E-state index in [0.29, 0.717) is 5.02 Å². The van der Waals surface area contributed by atoms with Gasteiger partial charge in [-0.1, -0.05) is 17.7 Å². The standard InChI is InChI=1S/C14H20ClFN2O.ClH/c15-13-10-11(16)3-4-12(13)14(2-1-9-19)18-7-5-17-6-8-18;/h3-4,10,14,17,19H,1-2,5-9H2;1H/t14-;/m0./s1. The number of nitrogens with zero attached hydrogens (tertiary/aromatic N) is 1. The van der Waals surface area contributed by atoms with Crippen LogP contribution in [0.15, 0.2) is 18.2 Å². The molecule has 1 aliphatic heterocycles. The highest BCUT2D eigenvalue weighted by Gasteiger charge is 2.23. The highest BCUT2D eigenvalue weighted by atomic mass is 35.5. The summed E-state index contributed by atoms with van der Waals surface area (Å²) in [6.07, 6.45) is 1.56. The van der Waals surface area contributed by atoms with Crippen molar-refractivity contribution < 1.29 is 9.50 Å². The molecule has 2 N–H and O–H groups in total. The zero-order valence-corrected chi connectivity index (χ0v) is 12.9.